The molecule has 84 valence electrons. The summed E-state index contributed by atoms with van der Waals surface area (Å²) in [6.07, 6.45) is 0. The van der Waals surface area contributed by atoms with Crippen LogP contribution in [-0.4, -0.2) is 29.0 Å². The van der Waals surface area contributed by atoms with Gasteiger partial charge >= 0.3 is 0 Å². The molecule has 15 heavy (non-hydrogen) atoms. The van der Waals surface area contributed by atoms with Gasteiger partial charge in [0.1, 0.15) is 0 Å². The molecule has 0 saturated heterocycles. The normalized spacial score (nSPS) is 12.7. The Hall–Kier alpha value is -0.120. The number of aliphatic hydroxyl groups is 1. The van der Waals surface area contributed by atoms with E-state index < -0.39 is 0 Å². The molecule has 0 bridgehead atoms. The molecule has 1 unspecified atom stereocenters. The molecule has 0 aliphatic rings. The highest BCUT2D eigenvalue weighted by Gasteiger charge is 1.99. The van der Waals surface area contributed by atoms with Gasteiger partial charge < -0.3 is 5.11 Å². The average Bonchev–Trinajstić information content (AvgIpc) is 2.29. The molecule has 0 radical (unpaired) electrons. The summed E-state index contributed by atoms with van der Waals surface area (Å²) in [7, 11) is 0. The molecule has 0 saturated carbocycles. The van der Waals surface area contributed by atoms with Gasteiger partial charge in [0.2, 0.25) is 0 Å². The molecule has 1 N–H and O–H groups in total. The van der Waals surface area contributed by atoms with Crippen LogP contribution in [0.1, 0.15) is 6.92 Å². The second kappa shape index (κ2) is 8.08. The van der Waals surface area contributed by atoms with Crippen LogP contribution in [0.4, 0.5) is 0 Å². The third-order valence-electron chi connectivity index (χ3n) is 1.95. The maximum atomic E-state index is 8.85. The summed E-state index contributed by atoms with van der Waals surface area (Å²) in [6, 6.07) is 10.5. The van der Waals surface area contributed by atoms with Crippen molar-refractivity contribution < 1.29 is 5.11 Å². The van der Waals surface area contributed by atoms with Gasteiger partial charge in [0, 0.05) is 23.0 Å². The number of thioether (sulfide) groups is 2. The summed E-state index contributed by atoms with van der Waals surface area (Å²) < 4.78 is 0. The summed E-state index contributed by atoms with van der Waals surface area (Å²) in [6.45, 7) is 2.39. The SMILES string of the molecule is CC(CO)CSCCSc1ccccc1. The van der Waals surface area contributed by atoms with E-state index in [1.54, 1.807) is 0 Å². The molecule has 1 atom stereocenters. The van der Waals surface area contributed by atoms with Crippen LogP contribution in [0.2, 0.25) is 0 Å². The van der Waals surface area contributed by atoms with Crippen molar-refractivity contribution in [3.63, 3.8) is 0 Å². The number of rotatable bonds is 7. The summed E-state index contributed by atoms with van der Waals surface area (Å²) in [5, 5.41) is 8.85. The smallest absolute Gasteiger partial charge is 0.0464 e. The maximum Gasteiger partial charge on any atom is 0.0464 e. The van der Waals surface area contributed by atoms with E-state index in [-0.39, 0.29) is 0 Å². The topological polar surface area (TPSA) is 20.2 Å². The van der Waals surface area contributed by atoms with Crippen LogP contribution in [0, 0.1) is 5.92 Å². The minimum Gasteiger partial charge on any atom is -0.396 e. The number of hydrogen-bond donors (Lipinski definition) is 1. The minimum atomic E-state index is 0.304. The van der Waals surface area contributed by atoms with Crippen LogP contribution in [0.15, 0.2) is 35.2 Å². The van der Waals surface area contributed by atoms with Crippen LogP contribution in [0.5, 0.6) is 0 Å². The Morgan fingerprint density at radius 1 is 1.20 bits per heavy atom. The summed E-state index contributed by atoms with van der Waals surface area (Å²) in [4.78, 5) is 1.34. The first-order chi connectivity index (χ1) is 7.33. The lowest BCUT2D eigenvalue weighted by Crippen LogP contribution is -2.04. The molecule has 0 aliphatic carbocycles. The Labute approximate surface area is 101 Å². The highest BCUT2D eigenvalue weighted by Crippen LogP contribution is 2.19. The van der Waals surface area contributed by atoms with Crippen molar-refractivity contribution >= 4 is 23.5 Å². The molecular formula is C12H18OS2. The zero-order valence-electron chi connectivity index (χ0n) is 9.06. The van der Waals surface area contributed by atoms with Crippen LogP contribution < -0.4 is 0 Å². The molecule has 1 aromatic rings. The predicted molar refractivity (Wildman–Crippen MR) is 70.7 cm³/mol. The van der Waals surface area contributed by atoms with E-state index >= 15 is 0 Å². The van der Waals surface area contributed by atoms with Gasteiger partial charge in [-0.25, -0.2) is 0 Å². The fraction of sp³-hybridized carbons (Fsp3) is 0.500. The first kappa shape index (κ1) is 12.9. The fourth-order valence-electron chi connectivity index (χ4n) is 1.07. The zero-order chi connectivity index (χ0) is 10.9. The van der Waals surface area contributed by atoms with Crippen molar-refractivity contribution in [2.24, 2.45) is 5.92 Å². The van der Waals surface area contributed by atoms with Gasteiger partial charge in [-0.15, -0.1) is 11.8 Å². The Morgan fingerprint density at radius 3 is 2.60 bits per heavy atom. The zero-order valence-corrected chi connectivity index (χ0v) is 10.7. The van der Waals surface area contributed by atoms with Crippen molar-refractivity contribution in [1.82, 2.24) is 0 Å². The van der Waals surface area contributed by atoms with Gasteiger partial charge in [0.25, 0.3) is 0 Å². The molecule has 0 aliphatic heterocycles. The molecule has 1 rings (SSSR count). The molecule has 1 nitrogen and oxygen atoms in total. The maximum absolute atomic E-state index is 8.85. The highest BCUT2D eigenvalue weighted by molar-refractivity contribution is 8.02. The van der Waals surface area contributed by atoms with E-state index in [4.69, 9.17) is 5.11 Å². The summed E-state index contributed by atoms with van der Waals surface area (Å²) in [5.41, 5.74) is 0. The molecule has 0 heterocycles. The van der Waals surface area contributed by atoms with Gasteiger partial charge in [-0.2, -0.15) is 11.8 Å². The van der Waals surface area contributed by atoms with Crippen LogP contribution in [-0.2, 0) is 0 Å². The Kier molecular flexibility index (Phi) is 6.98. The molecular weight excluding hydrogens is 224 g/mol. The van der Waals surface area contributed by atoms with Crippen LogP contribution in [0.25, 0.3) is 0 Å². The third-order valence-corrected chi connectivity index (χ3v) is 4.52. The monoisotopic (exact) mass is 242 g/mol. The summed E-state index contributed by atoms with van der Waals surface area (Å²) in [5.74, 6) is 3.79. The lowest BCUT2D eigenvalue weighted by atomic mass is 10.2. The highest BCUT2D eigenvalue weighted by atomic mass is 32.2. The minimum absolute atomic E-state index is 0.304. The summed E-state index contributed by atoms with van der Waals surface area (Å²) >= 11 is 3.82. The first-order valence-electron chi connectivity index (χ1n) is 5.19. The Bertz CT molecular complexity index is 251. The van der Waals surface area contributed by atoms with E-state index in [9.17, 15) is 0 Å². The lowest BCUT2D eigenvalue weighted by Gasteiger charge is -2.06. The Balaban J connectivity index is 2.03. The Morgan fingerprint density at radius 2 is 1.93 bits per heavy atom. The van der Waals surface area contributed by atoms with Crippen molar-refractivity contribution in [3.8, 4) is 0 Å². The van der Waals surface area contributed by atoms with E-state index in [0.29, 0.717) is 12.5 Å². The van der Waals surface area contributed by atoms with E-state index in [1.807, 2.05) is 29.6 Å². The molecule has 0 fully saturated rings. The first-order valence-corrected chi connectivity index (χ1v) is 7.33. The standard InChI is InChI=1S/C12H18OS2/c1-11(9-13)10-14-7-8-15-12-5-3-2-4-6-12/h2-6,11,13H,7-10H2,1H3. The molecule has 0 aromatic heterocycles. The van der Waals surface area contributed by atoms with Gasteiger partial charge in [0.05, 0.1) is 0 Å². The van der Waals surface area contributed by atoms with Crippen LogP contribution in [0.3, 0.4) is 0 Å². The van der Waals surface area contributed by atoms with Crippen molar-refractivity contribution in [3.05, 3.63) is 30.3 Å². The van der Waals surface area contributed by atoms with Crippen LogP contribution >= 0.6 is 23.5 Å². The second-order valence-corrected chi connectivity index (χ2v) is 5.84. The van der Waals surface area contributed by atoms with E-state index in [0.717, 1.165) is 17.3 Å². The molecule has 1 aromatic carbocycles. The van der Waals surface area contributed by atoms with Crippen molar-refractivity contribution in [2.45, 2.75) is 11.8 Å². The number of hydrogen-bond acceptors (Lipinski definition) is 3. The lowest BCUT2D eigenvalue weighted by molar-refractivity contribution is 0.250. The van der Waals surface area contributed by atoms with Crippen molar-refractivity contribution in [2.75, 3.05) is 23.9 Å². The largest absolute Gasteiger partial charge is 0.396 e. The van der Waals surface area contributed by atoms with E-state index in [2.05, 4.69) is 31.2 Å². The third kappa shape index (κ3) is 6.13. The molecule has 0 spiro atoms. The van der Waals surface area contributed by atoms with Crippen molar-refractivity contribution in [1.29, 1.82) is 0 Å². The van der Waals surface area contributed by atoms with Gasteiger partial charge in [-0.05, 0) is 23.8 Å². The quantitative estimate of drug-likeness (QED) is 0.586. The number of benzene rings is 1. The number of aliphatic hydroxyl groups excluding tert-OH is 1. The second-order valence-electron chi connectivity index (χ2n) is 3.52. The van der Waals surface area contributed by atoms with E-state index in [1.165, 1.54) is 4.90 Å². The predicted octanol–water partition coefficient (Wildman–Crippen LogP) is 3.14. The molecule has 3 heteroatoms. The fourth-order valence-corrected chi connectivity index (χ4v) is 3.14. The molecule has 0 amide bonds. The van der Waals surface area contributed by atoms with Gasteiger partial charge in [-0.1, -0.05) is 25.1 Å². The van der Waals surface area contributed by atoms with Gasteiger partial charge in [-0.3, -0.25) is 0 Å². The van der Waals surface area contributed by atoms with Gasteiger partial charge in [0.15, 0.2) is 0 Å². The average molecular weight is 242 g/mol.